The van der Waals surface area contributed by atoms with Crippen molar-refractivity contribution in [1.82, 2.24) is 14.9 Å². The average molecular weight is 570 g/mol. The lowest BCUT2D eigenvalue weighted by Gasteiger charge is -2.28. The minimum absolute atomic E-state index is 0.0234. The first-order chi connectivity index (χ1) is 19.8. The maximum absolute atomic E-state index is 12.6. The standard InChI is InChI=1S/C31H31N5O4S/c1-19-17-24(20(2)35(19)26-11-6-5-9-23(26)30(38)40-4)29-28(25-10-7-8-16-32-25)34-31(41)36(29)22-14-12-21(13-15-22)33-27(37)18-39-3/h5-17,28-29H,18H2,1-4H3,(H,33,37)(H,34,41)/t28-,29-/m0/s1. The molecule has 0 unspecified atom stereocenters. The van der Waals surface area contributed by atoms with Gasteiger partial charge in [-0.2, -0.15) is 0 Å². The Kier molecular flexibility index (Phi) is 8.14. The van der Waals surface area contributed by atoms with Crippen molar-refractivity contribution in [3.63, 3.8) is 0 Å². The van der Waals surface area contributed by atoms with Gasteiger partial charge in [0.1, 0.15) is 6.61 Å². The first kappa shape index (κ1) is 28.0. The van der Waals surface area contributed by atoms with Crippen LogP contribution in [0.2, 0.25) is 0 Å². The molecule has 1 aliphatic rings. The van der Waals surface area contributed by atoms with Crippen molar-refractivity contribution < 1.29 is 19.1 Å². The highest BCUT2D eigenvalue weighted by atomic mass is 32.1. The van der Waals surface area contributed by atoms with Crippen LogP contribution in [-0.4, -0.2) is 47.4 Å². The van der Waals surface area contributed by atoms with E-state index in [0.29, 0.717) is 16.4 Å². The zero-order valence-electron chi connectivity index (χ0n) is 23.3. The summed E-state index contributed by atoms with van der Waals surface area (Å²) < 4.78 is 12.1. The van der Waals surface area contributed by atoms with Crippen molar-refractivity contribution in [2.45, 2.75) is 25.9 Å². The van der Waals surface area contributed by atoms with Gasteiger partial charge in [0.15, 0.2) is 5.11 Å². The average Bonchev–Trinajstić information content (AvgIpc) is 3.48. The zero-order valence-corrected chi connectivity index (χ0v) is 24.1. The summed E-state index contributed by atoms with van der Waals surface area (Å²) in [6.45, 7) is 4.03. The Balaban J connectivity index is 1.61. The van der Waals surface area contributed by atoms with Crippen molar-refractivity contribution in [2.24, 2.45) is 0 Å². The number of nitrogens with zero attached hydrogens (tertiary/aromatic N) is 3. The van der Waals surface area contributed by atoms with Gasteiger partial charge in [-0.1, -0.05) is 18.2 Å². The molecule has 2 aromatic carbocycles. The van der Waals surface area contributed by atoms with Gasteiger partial charge < -0.3 is 29.6 Å². The molecule has 2 aromatic heterocycles. The highest BCUT2D eigenvalue weighted by molar-refractivity contribution is 7.80. The van der Waals surface area contributed by atoms with Gasteiger partial charge in [-0.3, -0.25) is 9.78 Å². The summed E-state index contributed by atoms with van der Waals surface area (Å²) in [7, 11) is 2.86. The van der Waals surface area contributed by atoms with Gasteiger partial charge in [0, 0.05) is 36.1 Å². The molecular formula is C31H31N5O4S. The molecule has 5 rings (SSSR count). The van der Waals surface area contributed by atoms with Crippen LogP contribution < -0.4 is 15.5 Å². The topological polar surface area (TPSA) is 97.7 Å². The van der Waals surface area contributed by atoms with Crippen LogP contribution in [0.4, 0.5) is 11.4 Å². The molecule has 1 aliphatic heterocycles. The number of thiocarbonyl (C=S) groups is 1. The summed E-state index contributed by atoms with van der Waals surface area (Å²) in [5, 5.41) is 6.87. The molecule has 1 saturated heterocycles. The Hall–Kier alpha value is -4.54. The number of carbonyl (C=O) groups excluding carboxylic acids is 2. The molecule has 0 radical (unpaired) electrons. The lowest BCUT2D eigenvalue weighted by atomic mass is 9.96. The summed E-state index contributed by atoms with van der Waals surface area (Å²) in [6.07, 6.45) is 1.77. The maximum atomic E-state index is 12.6. The van der Waals surface area contributed by atoms with Crippen molar-refractivity contribution in [2.75, 3.05) is 31.0 Å². The highest BCUT2D eigenvalue weighted by Gasteiger charge is 2.42. The van der Waals surface area contributed by atoms with E-state index in [1.165, 1.54) is 14.2 Å². The van der Waals surface area contributed by atoms with Gasteiger partial charge in [-0.05, 0) is 86.2 Å². The molecule has 0 aliphatic carbocycles. The summed E-state index contributed by atoms with van der Waals surface area (Å²) in [6, 6.07) is 22.4. The van der Waals surface area contributed by atoms with Crippen molar-refractivity contribution in [1.29, 1.82) is 0 Å². The molecule has 9 nitrogen and oxygen atoms in total. The van der Waals surface area contributed by atoms with E-state index < -0.39 is 5.97 Å². The lowest BCUT2D eigenvalue weighted by Crippen LogP contribution is -2.29. The molecule has 2 N–H and O–H groups in total. The van der Waals surface area contributed by atoms with E-state index in [1.54, 1.807) is 12.3 Å². The smallest absolute Gasteiger partial charge is 0.339 e. The number of hydrogen-bond acceptors (Lipinski definition) is 6. The number of amides is 1. The van der Waals surface area contributed by atoms with E-state index in [-0.39, 0.29) is 24.6 Å². The Bertz CT molecular complexity index is 1590. The van der Waals surface area contributed by atoms with Crippen LogP contribution in [0.1, 0.15) is 45.1 Å². The molecule has 0 saturated carbocycles. The van der Waals surface area contributed by atoms with E-state index in [4.69, 9.17) is 21.7 Å². The van der Waals surface area contributed by atoms with Crippen LogP contribution in [0, 0.1) is 13.8 Å². The molecule has 4 aromatic rings. The molecule has 3 heterocycles. The number of esters is 1. The van der Waals surface area contributed by atoms with Gasteiger partial charge in [-0.25, -0.2) is 4.79 Å². The quantitative estimate of drug-likeness (QED) is 0.225. The van der Waals surface area contributed by atoms with E-state index in [1.807, 2.05) is 74.5 Å². The summed E-state index contributed by atoms with van der Waals surface area (Å²) >= 11 is 5.89. The van der Waals surface area contributed by atoms with E-state index in [0.717, 1.165) is 34.0 Å². The van der Waals surface area contributed by atoms with Crippen LogP contribution in [0.3, 0.4) is 0 Å². The molecule has 1 fully saturated rings. The van der Waals surface area contributed by atoms with Crippen LogP contribution in [0.5, 0.6) is 0 Å². The second-order valence-electron chi connectivity index (χ2n) is 9.70. The van der Waals surface area contributed by atoms with Crippen LogP contribution >= 0.6 is 12.2 Å². The van der Waals surface area contributed by atoms with Crippen molar-refractivity contribution in [3.05, 3.63) is 107 Å². The number of aryl methyl sites for hydroxylation is 1. The fraction of sp³-hybridized carbons (Fsp3) is 0.226. The Labute approximate surface area is 244 Å². The van der Waals surface area contributed by atoms with Crippen LogP contribution in [-0.2, 0) is 14.3 Å². The van der Waals surface area contributed by atoms with Crippen molar-refractivity contribution in [3.8, 4) is 5.69 Å². The zero-order chi connectivity index (χ0) is 29.1. The molecule has 0 spiro atoms. The van der Waals surface area contributed by atoms with Gasteiger partial charge >= 0.3 is 5.97 Å². The number of methoxy groups -OCH3 is 2. The van der Waals surface area contributed by atoms with E-state index in [2.05, 4.69) is 31.2 Å². The fourth-order valence-electron chi connectivity index (χ4n) is 5.39. The maximum Gasteiger partial charge on any atom is 0.339 e. The third-order valence-electron chi connectivity index (χ3n) is 7.14. The first-order valence-electron chi connectivity index (χ1n) is 13.1. The van der Waals surface area contributed by atoms with E-state index >= 15 is 0 Å². The number of hydrogen-bond donors (Lipinski definition) is 2. The lowest BCUT2D eigenvalue weighted by molar-refractivity contribution is -0.119. The molecule has 2 atom stereocenters. The third-order valence-corrected chi connectivity index (χ3v) is 7.46. The summed E-state index contributed by atoms with van der Waals surface area (Å²) in [5.74, 6) is -0.629. The largest absolute Gasteiger partial charge is 0.465 e. The number of rotatable bonds is 8. The summed E-state index contributed by atoms with van der Waals surface area (Å²) in [5.41, 5.74) is 6.54. The molecule has 210 valence electrons. The van der Waals surface area contributed by atoms with Crippen LogP contribution in [0.25, 0.3) is 5.69 Å². The second-order valence-corrected chi connectivity index (χ2v) is 10.1. The highest BCUT2D eigenvalue weighted by Crippen LogP contribution is 2.44. The summed E-state index contributed by atoms with van der Waals surface area (Å²) in [4.78, 5) is 31.4. The molecule has 0 bridgehead atoms. The number of benzene rings is 2. The van der Waals surface area contributed by atoms with Gasteiger partial charge in [0.25, 0.3) is 0 Å². The Morgan fingerprint density at radius 3 is 2.44 bits per heavy atom. The number of para-hydroxylation sites is 1. The molecule has 41 heavy (non-hydrogen) atoms. The molecule has 1 amide bonds. The third kappa shape index (κ3) is 5.44. The minimum atomic E-state index is -0.399. The minimum Gasteiger partial charge on any atom is -0.465 e. The number of carbonyl (C=O) groups is 2. The second kappa shape index (κ2) is 11.9. The van der Waals surface area contributed by atoms with Gasteiger partial charge in [0.2, 0.25) is 5.91 Å². The Morgan fingerprint density at radius 2 is 1.76 bits per heavy atom. The van der Waals surface area contributed by atoms with Crippen LogP contribution in [0.15, 0.2) is 79.0 Å². The molecule has 10 heteroatoms. The SMILES string of the molecule is COCC(=O)Nc1ccc(N2C(=S)N[C@@H](c3ccccn3)[C@@H]2c2cc(C)n(-c3ccccc3C(=O)OC)c2C)cc1. The predicted octanol–water partition coefficient (Wildman–Crippen LogP) is 5.04. The Morgan fingerprint density at radius 1 is 1.02 bits per heavy atom. The van der Waals surface area contributed by atoms with Gasteiger partial charge in [-0.15, -0.1) is 0 Å². The fourth-order valence-corrected chi connectivity index (χ4v) is 5.74. The number of aromatic nitrogens is 2. The van der Waals surface area contributed by atoms with Gasteiger partial charge in [0.05, 0.1) is 36.1 Å². The van der Waals surface area contributed by atoms with Crippen molar-refractivity contribution >= 4 is 40.6 Å². The number of nitrogens with one attached hydrogen (secondary N) is 2. The van der Waals surface area contributed by atoms with E-state index in [9.17, 15) is 9.59 Å². The monoisotopic (exact) mass is 569 g/mol. The number of ether oxygens (including phenoxy) is 2. The number of pyridine rings is 1. The molecular weight excluding hydrogens is 538 g/mol. The number of anilines is 2. The predicted molar refractivity (Wildman–Crippen MR) is 161 cm³/mol. The normalized spacial score (nSPS) is 16.4. The first-order valence-corrected chi connectivity index (χ1v) is 13.5.